The van der Waals surface area contributed by atoms with E-state index in [-0.39, 0.29) is 0 Å². The molecule has 0 radical (unpaired) electrons. The number of hydrogen-bond acceptors (Lipinski definition) is 25. The highest BCUT2D eigenvalue weighted by Gasteiger charge is 2.07. The lowest BCUT2D eigenvalue weighted by Gasteiger charge is -2.09. The van der Waals surface area contributed by atoms with Crippen molar-refractivity contribution in [3.05, 3.63) is 0 Å². The van der Waals surface area contributed by atoms with Gasteiger partial charge in [0, 0.05) is 151 Å². The highest BCUT2D eigenvalue weighted by atomic mass is 32.2. The van der Waals surface area contributed by atoms with Crippen molar-refractivity contribution in [2.75, 3.05) is 313 Å². The fourth-order valence-electron chi connectivity index (χ4n) is 13.2. The number of epoxide rings is 1. The molecule has 792 valence electrons. The smallest absolute Gasteiger partial charge is 0.0701 e. The average Bonchev–Trinajstić information content (AvgIpc) is 2.09. The molecule has 25 heteroatoms. The highest BCUT2D eigenvalue weighted by molar-refractivity contribution is 8.06. The van der Waals surface area contributed by atoms with Crippen molar-refractivity contribution in [1.82, 2.24) is 10.6 Å². The maximum Gasteiger partial charge on any atom is 0.0701 e. The van der Waals surface area contributed by atoms with Crippen LogP contribution in [0.25, 0.3) is 0 Å². The summed E-state index contributed by atoms with van der Waals surface area (Å²) in [6.45, 7) is 28.8. The molecular weight excluding hydrogens is 1840 g/mol. The van der Waals surface area contributed by atoms with Gasteiger partial charge in [-0.15, -0.1) is 0 Å². The summed E-state index contributed by atoms with van der Waals surface area (Å²) >= 11 is 20.5. The third kappa shape index (κ3) is 139. The van der Waals surface area contributed by atoms with E-state index in [4.69, 9.17) is 56.8 Å². The van der Waals surface area contributed by atoms with Crippen LogP contribution in [0.15, 0.2) is 0 Å². The molecule has 0 spiro atoms. The van der Waals surface area contributed by atoms with Gasteiger partial charge in [-0.2, -0.15) is 118 Å². The van der Waals surface area contributed by atoms with Crippen LogP contribution >= 0.6 is 118 Å². The molecular formula is C107H216N2O13S10. The van der Waals surface area contributed by atoms with E-state index in [9.17, 15) is 0 Å². The summed E-state index contributed by atoms with van der Waals surface area (Å²) in [5.41, 5.74) is 0. The average molecular weight is 2060 g/mol. The Morgan fingerprint density at radius 1 is 0.0833 bits per heavy atom. The predicted molar refractivity (Wildman–Crippen MR) is 603 cm³/mol. The summed E-state index contributed by atoms with van der Waals surface area (Å²) in [6, 6.07) is 0. The second-order valence-electron chi connectivity index (χ2n) is 35.7. The molecule has 19 heterocycles. The lowest BCUT2D eigenvalue weighted by Crippen LogP contribution is -2.21. The van der Waals surface area contributed by atoms with Crippen LogP contribution in [0.2, 0.25) is 0 Å². The summed E-state index contributed by atoms with van der Waals surface area (Å²) in [6.07, 6.45) is 81.3. The number of rotatable bonds is 0. The summed E-state index contributed by atoms with van der Waals surface area (Å²) in [5, 5.41) is 6.51. The summed E-state index contributed by atoms with van der Waals surface area (Å²) in [5.74, 6) is 27.4. The van der Waals surface area contributed by atoms with Crippen molar-refractivity contribution in [1.29, 1.82) is 0 Å². The van der Waals surface area contributed by atoms with Crippen LogP contribution in [0.4, 0.5) is 0 Å². The molecule has 0 unspecified atom stereocenters. The first kappa shape index (κ1) is 133. The summed E-state index contributed by atoms with van der Waals surface area (Å²) < 4.78 is 64.9. The molecule has 0 atom stereocenters. The van der Waals surface area contributed by atoms with E-state index in [0.717, 1.165) is 191 Å². The van der Waals surface area contributed by atoms with Crippen molar-refractivity contribution in [2.45, 2.75) is 366 Å². The summed E-state index contributed by atoms with van der Waals surface area (Å²) in [4.78, 5) is 0. The van der Waals surface area contributed by atoms with Gasteiger partial charge in [-0.3, -0.25) is 0 Å². The van der Waals surface area contributed by atoms with E-state index >= 15 is 0 Å². The normalized spacial score (nSPS) is 24.0. The van der Waals surface area contributed by atoms with Crippen molar-refractivity contribution < 1.29 is 61.6 Å². The molecule has 0 bridgehead atoms. The van der Waals surface area contributed by atoms with E-state index in [0.29, 0.717) is 0 Å². The molecule has 0 aromatic heterocycles. The highest BCUT2D eigenvalue weighted by Crippen LogP contribution is 2.22. The molecule has 2 N–H and O–H groups in total. The Bertz CT molecular complexity index is 1320. The Kier molecular flexibility index (Phi) is 131. The number of hydrogen-bond donors (Lipinski definition) is 2. The standard InChI is InChI=1S/C7H14.C6H12O.C6H12S.C6H12.C5H11NO.C5H11N.C5H10O2.C5H10OS.2C5H10O.2C5H10S.C5H10.C4H8O2.C4H8OS.C4H8O.C4H8S2.C4H8S.C4H8.C3H6O.C3H6S.C3H6.C2H4O.C2H4S/c3*1-2-4-6-7-5-3-1;1-2-4-6-5-3-1;1-2-6-3-5-7-4-1;1-2-4-6-5-3-1;1-2-6-4-5-7-3-1;1-2-6-3-5-7-4-1;4*1-2-4-6-5-3-1;1-2-4-5-3-1;1-2-6-4-3-5-1;1-3-6-4-2-5-1;1-2-4-5-3-1;1-2-6-4-3-5-1;1-2-4-5-3-1;3*1-2-4-3-1;3*1-2-3-1/h1-7H2;2*1-6H2;1-6H2;6H,1-5H2;6H,1-5H2;2*1-5H2;4*1-5H2;1-5H2;2*1-4H2;1-4H2;1-4H2;1-4H2;1-4H2;2*1-3H2;1-3H2;2*1-2H2. The predicted octanol–water partition coefficient (Wildman–Crippen LogP) is 29.0. The SMILES string of the molecule is C1CC1.C1CCC1.C1CCCC1.C1CCCCC1.C1CCCCCC1.C1CCCOCC1.C1CCCSCC1.C1CCNCC1.C1CCOC1.C1CCOCC1.C1CCOCC1.C1CCSC1.C1CCSCC1.C1CCSCC1.C1CNCCOC1.C1CO1.C1COC1.C1COCCO1.C1COCCOC1.C1COCCSC1.C1CS1.C1CSC1.C1CSCCO1.C1CSCCS1. The van der Waals surface area contributed by atoms with Crippen LogP contribution < -0.4 is 10.6 Å². The topological polar surface area (TPSA) is 147 Å². The van der Waals surface area contributed by atoms with E-state index in [2.05, 4.69) is 85.9 Å². The quantitative estimate of drug-likeness (QED) is 0.175. The molecule has 15 nitrogen and oxygen atoms in total. The fourth-order valence-corrected chi connectivity index (χ4v) is 21.3. The Morgan fingerprint density at radius 2 is 0.227 bits per heavy atom. The number of piperidine rings is 1. The molecule has 5 saturated carbocycles. The van der Waals surface area contributed by atoms with Crippen LogP contribution in [0.3, 0.4) is 0 Å². The van der Waals surface area contributed by atoms with E-state index in [1.165, 1.54) is 488 Å². The largest absolute Gasteiger partial charge is 0.381 e. The van der Waals surface area contributed by atoms with Crippen molar-refractivity contribution in [2.24, 2.45) is 0 Å². The Morgan fingerprint density at radius 3 is 0.477 bits per heavy atom. The van der Waals surface area contributed by atoms with Crippen molar-refractivity contribution >= 4 is 118 Å². The fraction of sp³-hybridized carbons (Fsp3) is 1.00. The third-order valence-corrected chi connectivity index (χ3v) is 33.1. The molecule has 0 aromatic rings. The van der Waals surface area contributed by atoms with Gasteiger partial charge in [0.1, 0.15) is 0 Å². The minimum absolute atomic E-state index is 0.778. The monoisotopic (exact) mass is 2060 g/mol. The number of ether oxygens (including phenoxy) is 13. The Hall–Kier alpha value is 2.90. The molecule has 132 heavy (non-hydrogen) atoms. The maximum absolute atomic E-state index is 5.19. The second-order valence-corrected chi connectivity index (χ2v) is 48.0. The molecule has 0 aromatic carbocycles. The molecule has 5 aliphatic carbocycles. The van der Waals surface area contributed by atoms with Gasteiger partial charge in [0.2, 0.25) is 0 Å². The van der Waals surface area contributed by atoms with Gasteiger partial charge >= 0.3 is 0 Å². The van der Waals surface area contributed by atoms with Gasteiger partial charge in [-0.25, -0.2) is 0 Å². The Balaban J connectivity index is 0.000000690. The zero-order valence-electron chi connectivity index (χ0n) is 86.1. The van der Waals surface area contributed by atoms with Gasteiger partial charge in [0.05, 0.1) is 79.3 Å². The summed E-state index contributed by atoms with van der Waals surface area (Å²) in [7, 11) is 0. The van der Waals surface area contributed by atoms with Gasteiger partial charge in [0.25, 0.3) is 0 Å². The van der Waals surface area contributed by atoms with Gasteiger partial charge < -0.3 is 72.2 Å². The minimum atomic E-state index is 0.778. The molecule has 0 amide bonds. The Labute approximate surface area is 861 Å². The first-order chi connectivity index (χ1) is 66.0. The van der Waals surface area contributed by atoms with Crippen LogP contribution in [0.1, 0.15) is 366 Å². The van der Waals surface area contributed by atoms with Gasteiger partial charge in [-0.1, -0.05) is 205 Å². The van der Waals surface area contributed by atoms with Crippen LogP contribution in [0, 0.1) is 0 Å². The van der Waals surface area contributed by atoms with E-state index in [1.54, 1.807) is 0 Å². The minimum Gasteiger partial charge on any atom is -0.381 e. The zero-order valence-corrected chi connectivity index (χ0v) is 94.2. The first-order valence-corrected chi connectivity index (χ1v) is 67.2. The van der Waals surface area contributed by atoms with Gasteiger partial charge in [0.15, 0.2) is 0 Å². The van der Waals surface area contributed by atoms with Crippen molar-refractivity contribution in [3.63, 3.8) is 0 Å². The van der Waals surface area contributed by atoms with Crippen LogP contribution in [0.5, 0.6) is 0 Å². The molecule has 24 rings (SSSR count). The van der Waals surface area contributed by atoms with Crippen LogP contribution in [-0.2, 0) is 61.6 Å². The molecule has 24 aliphatic rings. The van der Waals surface area contributed by atoms with Gasteiger partial charge in [-0.05, 0) is 243 Å². The third-order valence-electron chi connectivity index (χ3n) is 22.4. The lowest BCUT2D eigenvalue weighted by atomic mass is 10.0. The zero-order chi connectivity index (χ0) is 93.3. The molecule has 24 fully saturated rings. The first-order valence-electron chi connectivity index (χ1n) is 55.7. The van der Waals surface area contributed by atoms with E-state index < -0.39 is 0 Å². The lowest BCUT2D eigenvalue weighted by molar-refractivity contribution is -0.0334. The second kappa shape index (κ2) is 130. The number of nitrogens with one attached hydrogen (secondary N) is 2. The molecule has 19 saturated heterocycles. The van der Waals surface area contributed by atoms with Crippen LogP contribution in [-0.4, -0.2) is 313 Å². The van der Waals surface area contributed by atoms with E-state index in [1.807, 2.05) is 47.0 Å². The molecule has 19 aliphatic heterocycles. The van der Waals surface area contributed by atoms with Crippen molar-refractivity contribution in [3.8, 4) is 0 Å². The number of thioether (sulfide) groups is 10. The maximum atomic E-state index is 5.19.